The SMILES string of the molecule is CSc1sc(-c2ccccn2)c2c1C(=O)CC(C)(C)C2. The van der Waals surface area contributed by atoms with Gasteiger partial charge in [0.1, 0.15) is 0 Å². The highest BCUT2D eigenvalue weighted by Crippen LogP contribution is 2.47. The van der Waals surface area contributed by atoms with Crippen LogP contribution in [0.2, 0.25) is 0 Å². The zero-order chi connectivity index (χ0) is 14.3. The molecule has 1 aliphatic rings. The van der Waals surface area contributed by atoms with E-state index < -0.39 is 0 Å². The Balaban J connectivity index is 2.21. The summed E-state index contributed by atoms with van der Waals surface area (Å²) in [6, 6.07) is 5.96. The predicted octanol–water partition coefficient (Wildman–Crippen LogP) is 4.69. The van der Waals surface area contributed by atoms with Crippen molar-refractivity contribution in [3.63, 3.8) is 0 Å². The summed E-state index contributed by atoms with van der Waals surface area (Å²) >= 11 is 3.39. The van der Waals surface area contributed by atoms with Crippen LogP contribution in [0.3, 0.4) is 0 Å². The number of thioether (sulfide) groups is 1. The van der Waals surface area contributed by atoms with E-state index in [2.05, 4.69) is 18.8 Å². The second kappa shape index (κ2) is 5.01. The van der Waals surface area contributed by atoms with Crippen LogP contribution in [-0.4, -0.2) is 17.0 Å². The third kappa shape index (κ3) is 2.31. The predicted molar refractivity (Wildman–Crippen MR) is 85.8 cm³/mol. The van der Waals surface area contributed by atoms with Gasteiger partial charge in [0.15, 0.2) is 5.78 Å². The van der Waals surface area contributed by atoms with Crippen molar-refractivity contribution in [2.45, 2.75) is 30.9 Å². The van der Waals surface area contributed by atoms with Crippen molar-refractivity contribution in [3.05, 3.63) is 35.5 Å². The van der Waals surface area contributed by atoms with Crippen LogP contribution in [0.4, 0.5) is 0 Å². The lowest BCUT2D eigenvalue weighted by Gasteiger charge is -2.29. The maximum atomic E-state index is 12.5. The summed E-state index contributed by atoms with van der Waals surface area (Å²) < 4.78 is 1.14. The Hall–Kier alpha value is -1.13. The number of nitrogens with zero attached hydrogens (tertiary/aromatic N) is 1. The number of hydrogen-bond donors (Lipinski definition) is 0. The van der Waals surface area contributed by atoms with E-state index in [0.29, 0.717) is 12.2 Å². The van der Waals surface area contributed by atoms with Crippen molar-refractivity contribution in [2.75, 3.05) is 6.26 Å². The molecule has 1 aliphatic carbocycles. The first-order valence-corrected chi connectivity index (χ1v) is 8.70. The van der Waals surface area contributed by atoms with Gasteiger partial charge in [-0.1, -0.05) is 19.9 Å². The van der Waals surface area contributed by atoms with Gasteiger partial charge in [-0.25, -0.2) is 0 Å². The van der Waals surface area contributed by atoms with Gasteiger partial charge in [0.05, 0.1) is 14.8 Å². The van der Waals surface area contributed by atoms with Gasteiger partial charge in [-0.2, -0.15) is 0 Å². The smallest absolute Gasteiger partial charge is 0.165 e. The van der Waals surface area contributed by atoms with Crippen molar-refractivity contribution in [2.24, 2.45) is 5.41 Å². The minimum atomic E-state index is 0.0460. The summed E-state index contributed by atoms with van der Waals surface area (Å²) in [6.45, 7) is 4.35. The van der Waals surface area contributed by atoms with Crippen LogP contribution in [0, 0.1) is 5.41 Å². The standard InChI is InChI=1S/C16H17NOS2/c1-16(2)8-10-13(12(18)9-16)15(19-3)20-14(10)11-6-4-5-7-17-11/h4-7H,8-9H2,1-3H3. The van der Waals surface area contributed by atoms with E-state index in [1.807, 2.05) is 30.7 Å². The van der Waals surface area contributed by atoms with Gasteiger partial charge in [0.25, 0.3) is 0 Å². The number of Topliss-reactive ketones (excluding diaryl/α,β-unsaturated/α-hetero) is 1. The minimum Gasteiger partial charge on any atom is -0.294 e. The van der Waals surface area contributed by atoms with Crippen LogP contribution in [0.5, 0.6) is 0 Å². The molecule has 0 atom stereocenters. The van der Waals surface area contributed by atoms with Crippen molar-refractivity contribution in [1.82, 2.24) is 4.98 Å². The van der Waals surface area contributed by atoms with E-state index in [0.717, 1.165) is 21.9 Å². The molecule has 104 valence electrons. The highest BCUT2D eigenvalue weighted by atomic mass is 32.2. The lowest BCUT2D eigenvalue weighted by molar-refractivity contribution is 0.0910. The maximum Gasteiger partial charge on any atom is 0.165 e. The number of rotatable bonds is 2. The molecule has 0 radical (unpaired) electrons. The number of pyridine rings is 1. The fourth-order valence-electron chi connectivity index (χ4n) is 2.80. The second-order valence-corrected chi connectivity index (χ2v) is 8.03. The topological polar surface area (TPSA) is 30.0 Å². The molecule has 2 aromatic rings. The van der Waals surface area contributed by atoms with Crippen LogP contribution >= 0.6 is 23.1 Å². The molecule has 2 nitrogen and oxygen atoms in total. The molecule has 2 aromatic heterocycles. The molecule has 3 rings (SSSR count). The summed E-state index contributed by atoms with van der Waals surface area (Å²) in [7, 11) is 0. The summed E-state index contributed by atoms with van der Waals surface area (Å²) in [5.41, 5.74) is 3.20. The van der Waals surface area contributed by atoms with Crippen molar-refractivity contribution in [3.8, 4) is 10.6 Å². The molecule has 20 heavy (non-hydrogen) atoms. The Labute approximate surface area is 127 Å². The lowest BCUT2D eigenvalue weighted by atomic mass is 9.74. The van der Waals surface area contributed by atoms with Gasteiger partial charge in [0.2, 0.25) is 0 Å². The Morgan fingerprint density at radius 1 is 1.30 bits per heavy atom. The Bertz CT molecular complexity index is 659. The molecular formula is C16H17NOS2. The number of carbonyl (C=O) groups is 1. The maximum absolute atomic E-state index is 12.5. The van der Waals surface area contributed by atoms with Crippen LogP contribution < -0.4 is 0 Å². The lowest BCUT2D eigenvalue weighted by Crippen LogP contribution is -2.26. The molecule has 0 amide bonds. The van der Waals surface area contributed by atoms with E-state index in [1.54, 1.807) is 23.1 Å². The fourth-order valence-corrected chi connectivity index (χ4v) is 4.88. The van der Waals surface area contributed by atoms with E-state index in [4.69, 9.17) is 0 Å². The second-order valence-electron chi connectivity index (χ2n) is 5.93. The summed E-state index contributed by atoms with van der Waals surface area (Å²) in [4.78, 5) is 18.1. The van der Waals surface area contributed by atoms with Gasteiger partial charge in [-0.15, -0.1) is 23.1 Å². The Kier molecular flexibility index (Phi) is 3.46. The highest BCUT2D eigenvalue weighted by Gasteiger charge is 2.36. The highest BCUT2D eigenvalue weighted by molar-refractivity contribution is 8.00. The first-order valence-electron chi connectivity index (χ1n) is 6.66. The molecule has 0 N–H and O–H groups in total. The third-order valence-electron chi connectivity index (χ3n) is 3.63. The number of ketones is 1. The van der Waals surface area contributed by atoms with Crippen molar-refractivity contribution in [1.29, 1.82) is 0 Å². The molecule has 2 heterocycles. The van der Waals surface area contributed by atoms with Gasteiger partial charge in [-0.3, -0.25) is 9.78 Å². The first kappa shape index (κ1) is 13.8. The van der Waals surface area contributed by atoms with E-state index in [1.165, 1.54) is 10.4 Å². The van der Waals surface area contributed by atoms with Gasteiger partial charge >= 0.3 is 0 Å². The Morgan fingerprint density at radius 3 is 2.75 bits per heavy atom. The number of carbonyl (C=O) groups excluding carboxylic acids is 1. The van der Waals surface area contributed by atoms with Gasteiger partial charge < -0.3 is 0 Å². The molecule has 0 fully saturated rings. The van der Waals surface area contributed by atoms with E-state index >= 15 is 0 Å². The third-order valence-corrected chi connectivity index (χ3v) is 6.01. The summed E-state index contributed by atoms with van der Waals surface area (Å²) in [5, 5.41) is 0. The van der Waals surface area contributed by atoms with E-state index in [-0.39, 0.29) is 5.41 Å². The fraction of sp³-hybridized carbons (Fsp3) is 0.375. The molecular weight excluding hydrogens is 286 g/mol. The molecule has 4 heteroatoms. The van der Waals surface area contributed by atoms with Gasteiger partial charge in [-0.05, 0) is 35.8 Å². The average molecular weight is 303 g/mol. The summed E-state index contributed by atoms with van der Waals surface area (Å²) in [5.74, 6) is 0.291. The molecule has 0 unspecified atom stereocenters. The first-order chi connectivity index (χ1) is 9.52. The monoisotopic (exact) mass is 303 g/mol. The number of aromatic nitrogens is 1. The van der Waals surface area contributed by atoms with Crippen molar-refractivity contribution >= 4 is 28.9 Å². The van der Waals surface area contributed by atoms with Crippen molar-refractivity contribution < 1.29 is 4.79 Å². The zero-order valence-electron chi connectivity index (χ0n) is 11.9. The van der Waals surface area contributed by atoms with Crippen LogP contribution in [-0.2, 0) is 6.42 Å². The van der Waals surface area contributed by atoms with Gasteiger partial charge in [0, 0.05) is 18.2 Å². The molecule has 0 aliphatic heterocycles. The number of thiophene rings is 1. The van der Waals surface area contributed by atoms with E-state index in [9.17, 15) is 4.79 Å². The largest absolute Gasteiger partial charge is 0.294 e. The number of fused-ring (bicyclic) bond motifs is 1. The summed E-state index contributed by atoms with van der Waals surface area (Å²) in [6.07, 6.45) is 5.46. The van der Waals surface area contributed by atoms with Crippen LogP contribution in [0.15, 0.2) is 28.6 Å². The molecule has 0 bridgehead atoms. The molecule has 0 aromatic carbocycles. The van der Waals surface area contributed by atoms with Crippen LogP contribution in [0.1, 0.15) is 36.2 Å². The average Bonchev–Trinajstić information content (AvgIpc) is 2.77. The zero-order valence-corrected chi connectivity index (χ0v) is 13.5. The number of hydrogen-bond acceptors (Lipinski definition) is 4. The molecule has 0 saturated carbocycles. The van der Waals surface area contributed by atoms with Crippen LogP contribution in [0.25, 0.3) is 10.6 Å². The quantitative estimate of drug-likeness (QED) is 0.754. The molecule has 0 saturated heterocycles. The molecule has 0 spiro atoms. The Morgan fingerprint density at radius 2 is 2.10 bits per heavy atom. The minimum absolute atomic E-state index is 0.0460. The normalized spacial score (nSPS) is 17.1.